The molecule has 0 unspecified atom stereocenters. The summed E-state index contributed by atoms with van der Waals surface area (Å²) in [6.07, 6.45) is -0.252. The molecule has 1 aliphatic rings. The Labute approximate surface area is 134 Å². The zero-order valence-electron chi connectivity index (χ0n) is 12.7. The molecule has 0 bridgehead atoms. The first-order valence-corrected chi connectivity index (χ1v) is 7.92. The van der Waals surface area contributed by atoms with E-state index < -0.39 is 6.36 Å². The molecule has 1 saturated carbocycles. The third kappa shape index (κ3) is 4.27. The summed E-state index contributed by atoms with van der Waals surface area (Å²) < 4.78 is 40.5. The highest BCUT2D eigenvalue weighted by Crippen LogP contribution is 2.40. The van der Waals surface area contributed by atoms with Gasteiger partial charge in [-0.1, -0.05) is 42.5 Å². The highest BCUT2D eigenvalue weighted by molar-refractivity contribution is 5.30. The van der Waals surface area contributed by atoms with Gasteiger partial charge >= 0.3 is 6.36 Å². The van der Waals surface area contributed by atoms with Crippen LogP contribution >= 0.6 is 0 Å². The van der Waals surface area contributed by atoms with Gasteiger partial charge in [-0.25, -0.2) is 0 Å². The lowest BCUT2D eigenvalue weighted by Gasteiger charge is -2.29. The van der Waals surface area contributed by atoms with E-state index in [1.165, 1.54) is 17.7 Å². The van der Waals surface area contributed by atoms with Crippen LogP contribution in [0.25, 0.3) is 0 Å². The lowest BCUT2D eigenvalue weighted by molar-refractivity contribution is -0.274. The molecule has 1 aliphatic carbocycles. The van der Waals surface area contributed by atoms with Crippen LogP contribution in [-0.4, -0.2) is 6.36 Å². The molecule has 1 fully saturated rings. The van der Waals surface area contributed by atoms with Crippen LogP contribution in [0.2, 0.25) is 0 Å². The van der Waals surface area contributed by atoms with Crippen LogP contribution < -0.4 is 4.74 Å². The first kappa shape index (κ1) is 15.9. The van der Waals surface area contributed by atoms with Crippen molar-refractivity contribution in [1.82, 2.24) is 0 Å². The molecular weight excluding hydrogens is 301 g/mol. The van der Waals surface area contributed by atoms with E-state index in [9.17, 15) is 13.2 Å². The van der Waals surface area contributed by atoms with Crippen molar-refractivity contribution in [2.75, 3.05) is 0 Å². The van der Waals surface area contributed by atoms with Crippen molar-refractivity contribution in [2.24, 2.45) is 0 Å². The van der Waals surface area contributed by atoms with E-state index >= 15 is 0 Å². The Kier molecular flexibility index (Phi) is 4.60. The predicted molar refractivity (Wildman–Crippen MR) is 83.5 cm³/mol. The summed E-state index contributed by atoms with van der Waals surface area (Å²) in [6.45, 7) is 0. The third-order valence-electron chi connectivity index (χ3n) is 4.58. The number of hydrogen-bond acceptors (Lipinski definition) is 1. The Morgan fingerprint density at radius 3 is 1.65 bits per heavy atom. The maximum absolute atomic E-state index is 12.2. The van der Waals surface area contributed by atoms with Gasteiger partial charge in [-0.2, -0.15) is 0 Å². The highest BCUT2D eigenvalue weighted by Gasteiger charge is 2.31. The van der Waals surface area contributed by atoms with Crippen molar-refractivity contribution in [3.05, 3.63) is 65.7 Å². The minimum Gasteiger partial charge on any atom is -0.406 e. The van der Waals surface area contributed by atoms with Gasteiger partial charge in [0.2, 0.25) is 0 Å². The fourth-order valence-electron chi connectivity index (χ4n) is 3.43. The minimum atomic E-state index is -4.63. The molecule has 0 radical (unpaired) electrons. The standard InChI is InChI=1S/C19H19F3O/c20-19(21,22)23-18-12-10-17(11-13-18)16-8-6-15(7-9-16)14-4-2-1-3-5-14/h1-5,10-13,15-16H,6-9H2. The van der Waals surface area contributed by atoms with Gasteiger partial charge in [-0.15, -0.1) is 13.2 Å². The number of rotatable bonds is 3. The smallest absolute Gasteiger partial charge is 0.406 e. The fourth-order valence-corrected chi connectivity index (χ4v) is 3.43. The van der Waals surface area contributed by atoms with Crippen molar-refractivity contribution in [3.63, 3.8) is 0 Å². The molecule has 0 atom stereocenters. The van der Waals surface area contributed by atoms with E-state index in [-0.39, 0.29) is 5.75 Å². The van der Waals surface area contributed by atoms with Crippen molar-refractivity contribution in [3.8, 4) is 5.75 Å². The molecule has 23 heavy (non-hydrogen) atoms. The lowest BCUT2D eigenvalue weighted by Crippen LogP contribution is -2.17. The molecule has 0 heterocycles. The van der Waals surface area contributed by atoms with Gasteiger partial charge in [-0.05, 0) is 60.8 Å². The van der Waals surface area contributed by atoms with Gasteiger partial charge in [0.25, 0.3) is 0 Å². The molecule has 2 aromatic rings. The summed E-state index contributed by atoms with van der Waals surface area (Å²) in [4.78, 5) is 0. The van der Waals surface area contributed by atoms with Crippen molar-refractivity contribution < 1.29 is 17.9 Å². The molecule has 0 N–H and O–H groups in total. The van der Waals surface area contributed by atoms with Gasteiger partial charge in [-0.3, -0.25) is 0 Å². The third-order valence-corrected chi connectivity index (χ3v) is 4.58. The molecule has 4 heteroatoms. The topological polar surface area (TPSA) is 9.23 Å². The molecule has 0 aliphatic heterocycles. The number of alkyl halides is 3. The van der Waals surface area contributed by atoms with Crippen LogP contribution in [0.4, 0.5) is 13.2 Å². The zero-order chi connectivity index (χ0) is 16.3. The normalized spacial score (nSPS) is 21.9. The van der Waals surface area contributed by atoms with Gasteiger partial charge in [0.15, 0.2) is 0 Å². The Bertz CT molecular complexity index is 611. The average molecular weight is 320 g/mol. The van der Waals surface area contributed by atoms with E-state index in [2.05, 4.69) is 29.0 Å². The summed E-state index contributed by atoms with van der Waals surface area (Å²) in [5.74, 6) is 0.870. The van der Waals surface area contributed by atoms with Crippen LogP contribution in [0.3, 0.4) is 0 Å². The number of benzene rings is 2. The molecule has 1 nitrogen and oxygen atoms in total. The first-order valence-electron chi connectivity index (χ1n) is 7.92. The van der Waals surface area contributed by atoms with E-state index in [4.69, 9.17) is 0 Å². The molecule has 2 aromatic carbocycles. The van der Waals surface area contributed by atoms with E-state index in [0.29, 0.717) is 11.8 Å². The molecule has 0 amide bonds. The number of ether oxygens (including phenoxy) is 1. The van der Waals surface area contributed by atoms with Gasteiger partial charge in [0.05, 0.1) is 0 Å². The minimum absolute atomic E-state index is 0.153. The van der Waals surface area contributed by atoms with Gasteiger partial charge in [0.1, 0.15) is 5.75 Å². The molecule has 0 aromatic heterocycles. The van der Waals surface area contributed by atoms with Crippen LogP contribution in [0.1, 0.15) is 48.6 Å². The SMILES string of the molecule is FC(F)(F)Oc1ccc(C2CCC(c3ccccc3)CC2)cc1. The van der Waals surface area contributed by atoms with Crippen LogP contribution in [0.15, 0.2) is 54.6 Å². The maximum Gasteiger partial charge on any atom is 0.573 e. The lowest BCUT2D eigenvalue weighted by atomic mass is 9.76. The second kappa shape index (κ2) is 6.65. The largest absolute Gasteiger partial charge is 0.573 e. The first-order chi connectivity index (χ1) is 11.0. The summed E-state index contributed by atoms with van der Waals surface area (Å²) in [5.41, 5.74) is 2.49. The van der Waals surface area contributed by atoms with Gasteiger partial charge < -0.3 is 4.74 Å². The summed E-state index contributed by atoms with van der Waals surface area (Å²) in [7, 11) is 0. The van der Waals surface area contributed by atoms with Crippen molar-refractivity contribution in [1.29, 1.82) is 0 Å². The Balaban J connectivity index is 1.59. The molecule has 0 spiro atoms. The Morgan fingerprint density at radius 1 is 0.696 bits per heavy atom. The summed E-state index contributed by atoms with van der Waals surface area (Å²) >= 11 is 0. The molecular formula is C19H19F3O. The van der Waals surface area contributed by atoms with E-state index in [0.717, 1.165) is 31.2 Å². The van der Waals surface area contributed by atoms with Crippen LogP contribution in [-0.2, 0) is 0 Å². The Hall–Kier alpha value is -1.97. The number of hydrogen-bond donors (Lipinski definition) is 0. The highest BCUT2D eigenvalue weighted by atomic mass is 19.4. The van der Waals surface area contributed by atoms with E-state index in [1.54, 1.807) is 12.1 Å². The van der Waals surface area contributed by atoms with Gasteiger partial charge in [0, 0.05) is 0 Å². The summed E-state index contributed by atoms with van der Waals surface area (Å²) in [5, 5.41) is 0. The second-order valence-corrected chi connectivity index (χ2v) is 6.08. The molecule has 0 saturated heterocycles. The quantitative estimate of drug-likeness (QED) is 0.671. The van der Waals surface area contributed by atoms with E-state index in [1.807, 2.05) is 6.07 Å². The van der Waals surface area contributed by atoms with Crippen molar-refractivity contribution in [2.45, 2.75) is 43.9 Å². The zero-order valence-corrected chi connectivity index (χ0v) is 12.7. The monoisotopic (exact) mass is 320 g/mol. The summed E-state index contributed by atoms with van der Waals surface area (Å²) in [6, 6.07) is 16.9. The van der Waals surface area contributed by atoms with Crippen LogP contribution in [0.5, 0.6) is 5.75 Å². The Morgan fingerprint density at radius 2 is 1.17 bits per heavy atom. The number of halogens is 3. The van der Waals surface area contributed by atoms with Crippen LogP contribution in [0, 0.1) is 0 Å². The molecule has 3 rings (SSSR count). The molecule has 122 valence electrons. The second-order valence-electron chi connectivity index (χ2n) is 6.08. The predicted octanol–water partition coefficient (Wildman–Crippen LogP) is 6.03. The maximum atomic E-state index is 12.2. The average Bonchev–Trinajstić information content (AvgIpc) is 2.55. The fraction of sp³-hybridized carbons (Fsp3) is 0.368. The van der Waals surface area contributed by atoms with Crippen molar-refractivity contribution >= 4 is 0 Å².